The van der Waals surface area contributed by atoms with Crippen LogP contribution >= 0.6 is 11.3 Å². The van der Waals surface area contributed by atoms with Crippen molar-refractivity contribution >= 4 is 39.7 Å². The minimum absolute atomic E-state index is 0.205. The number of nitrogens with zero attached hydrogens (tertiary/aromatic N) is 3. The number of carbonyl (C=O) groups excluding carboxylic acids is 2. The first-order chi connectivity index (χ1) is 14.0. The van der Waals surface area contributed by atoms with Gasteiger partial charge in [-0.2, -0.15) is 4.98 Å². The molecule has 0 unspecified atom stereocenters. The second-order valence-electron chi connectivity index (χ2n) is 6.20. The Kier molecular flexibility index (Phi) is 4.96. The summed E-state index contributed by atoms with van der Waals surface area (Å²) in [4.78, 5) is 28.8. The maximum absolute atomic E-state index is 12.6. The highest BCUT2D eigenvalue weighted by Crippen LogP contribution is 2.28. The number of hydrogen-bond acceptors (Lipinski definition) is 6. The molecule has 0 spiro atoms. The molecule has 0 fully saturated rings. The molecule has 4 aromatic rings. The Morgan fingerprint density at radius 1 is 1.10 bits per heavy atom. The highest BCUT2D eigenvalue weighted by atomic mass is 32.1. The Morgan fingerprint density at radius 3 is 2.72 bits per heavy atom. The monoisotopic (exact) mass is 407 g/mol. The van der Waals surface area contributed by atoms with Crippen molar-refractivity contribution < 1.29 is 14.3 Å². The summed E-state index contributed by atoms with van der Waals surface area (Å²) in [6.07, 6.45) is 0. The number of anilines is 2. The number of ether oxygens (including phenoxy) is 1. The third-order valence-corrected chi connectivity index (χ3v) is 4.93. The van der Waals surface area contributed by atoms with Gasteiger partial charge >= 0.3 is 0 Å². The molecular formula is C20H17N5O3S. The number of hydrogen-bond donors (Lipinski definition) is 2. The van der Waals surface area contributed by atoms with E-state index in [0.717, 1.165) is 17.0 Å². The van der Waals surface area contributed by atoms with Gasteiger partial charge in [0.05, 0.1) is 12.8 Å². The molecule has 2 aromatic heterocycles. The van der Waals surface area contributed by atoms with Crippen molar-refractivity contribution in [1.29, 1.82) is 0 Å². The van der Waals surface area contributed by atoms with E-state index in [1.165, 1.54) is 18.3 Å². The van der Waals surface area contributed by atoms with Gasteiger partial charge in [0.1, 0.15) is 5.75 Å². The first-order valence-corrected chi connectivity index (χ1v) is 9.59. The van der Waals surface area contributed by atoms with Gasteiger partial charge < -0.3 is 10.1 Å². The Hall–Kier alpha value is -3.72. The lowest BCUT2D eigenvalue weighted by atomic mass is 10.2. The summed E-state index contributed by atoms with van der Waals surface area (Å²) in [6.45, 7) is 1.41. The quantitative estimate of drug-likeness (QED) is 0.526. The van der Waals surface area contributed by atoms with E-state index in [1.807, 2.05) is 29.6 Å². The maximum Gasteiger partial charge on any atom is 0.258 e. The zero-order chi connectivity index (χ0) is 20.4. The number of thiazole rings is 1. The summed E-state index contributed by atoms with van der Waals surface area (Å²) in [5.41, 5.74) is 2.72. The summed E-state index contributed by atoms with van der Waals surface area (Å²) >= 11 is 1.42. The van der Waals surface area contributed by atoms with E-state index < -0.39 is 0 Å². The Balaban J connectivity index is 1.58. The second-order valence-corrected chi connectivity index (χ2v) is 7.04. The summed E-state index contributed by atoms with van der Waals surface area (Å²) < 4.78 is 6.96. The van der Waals surface area contributed by atoms with Crippen molar-refractivity contribution in [2.45, 2.75) is 6.92 Å². The summed E-state index contributed by atoms with van der Waals surface area (Å²) in [6, 6.07) is 14.3. The van der Waals surface area contributed by atoms with Crippen LogP contribution < -0.4 is 15.4 Å². The van der Waals surface area contributed by atoms with Gasteiger partial charge in [0.2, 0.25) is 10.9 Å². The number of amides is 2. The lowest BCUT2D eigenvalue weighted by Gasteiger charge is -2.05. The molecule has 29 heavy (non-hydrogen) atoms. The van der Waals surface area contributed by atoms with E-state index in [0.29, 0.717) is 16.2 Å². The number of nitrogens with one attached hydrogen (secondary N) is 2. The number of rotatable bonds is 5. The van der Waals surface area contributed by atoms with Crippen molar-refractivity contribution in [2.24, 2.45) is 0 Å². The lowest BCUT2D eigenvalue weighted by molar-refractivity contribution is -0.114. The molecule has 9 heteroatoms. The normalized spacial score (nSPS) is 10.7. The molecule has 146 valence electrons. The Morgan fingerprint density at radius 2 is 1.93 bits per heavy atom. The van der Waals surface area contributed by atoms with Crippen LogP contribution in [0.3, 0.4) is 0 Å². The fourth-order valence-electron chi connectivity index (χ4n) is 2.83. The molecule has 0 atom stereocenters. The van der Waals surface area contributed by atoms with Gasteiger partial charge in [0.25, 0.3) is 11.9 Å². The standard InChI is InChI=1S/C20H17N5O3S/c1-12(26)21-15-7-3-6-14(9-15)18(27)22-19-23-20-25(24-19)17(11-29-20)13-5-4-8-16(10-13)28-2/h3-11H,1-2H3,(H,21,26)(H,22,24,27). The minimum Gasteiger partial charge on any atom is -0.497 e. The van der Waals surface area contributed by atoms with Gasteiger partial charge in [-0.25, -0.2) is 4.52 Å². The van der Waals surface area contributed by atoms with Crippen molar-refractivity contribution in [2.75, 3.05) is 17.7 Å². The van der Waals surface area contributed by atoms with Crippen LogP contribution in [0.4, 0.5) is 11.6 Å². The maximum atomic E-state index is 12.6. The Labute approximate surface area is 170 Å². The Bertz CT molecular complexity index is 1210. The molecule has 2 N–H and O–H groups in total. The third kappa shape index (κ3) is 3.94. The van der Waals surface area contributed by atoms with Crippen LogP contribution in [0.5, 0.6) is 5.75 Å². The molecule has 8 nitrogen and oxygen atoms in total. The van der Waals surface area contributed by atoms with Gasteiger partial charge in [-0.15, -0.1) is 16.4 Å². The lowest BCUT2D eigenvalue weighted by Crippen LogP contribution is -2.14. The zero-order valence-corrected chi connectivity index (χ0v) is 16.5. The fourth-order valence-corrected chi connectivity index (χ4v) is 3.66. The molecule has 2 heterocycles. The SMILES string of the molecule is COc1cccc(-c2csc3nc(NC(=O)c4cccc(NC(C)=O)c4)nn23)c1. The number of carbonyl (C=O) groups is 2. The molecule has 4 rings (SSSR count). The largest absolute Gasteiger partial charge is 0.497 e. The van der Waals surface area contributed by atoms with E-state index in [1.54, 1.807) is 35.9 Å². The van der Waals surface area contributed by atoms with Crippen LogP contribution in [-0.2, 0) is 4.79 Å². The van der Waals surface area contributed by atoms with Crippen molar-refractivity contribution in [1.82, 2.24) is 14.6 Å². The van der Waals surface area contributed by atoms with Gasteiger partial charge in [-0.3, -0.25) is 14.9 Å². The molecule has 0 aliphatic heterocycles. The molecule has 0 saturated carbocycles. The fraction of sp³-hybridized carbons (Fsp3) is 0.100. The van der Waals surface area contributed by atoms with Crippen LogP contribution in [0.1, 0.15) is 17.3 Å². The highest BCUT2D eigenvalue weighted by Gasteiger charge is 2.15. The van der Waals surface area contributed by atoms with Gasteiger partial charge in [-0.1, -0.05) is 18.2 Å². The van der Waals surface area contributed by atoms with Crippen LogP contribution in [0.15, 0.2) is 53.9 Å². The average molecular weight is 407 g/mol. The van der Waals surface area contributed by atoms with Gasteiger partial charge in [0, 0.05) is 29.1 Å². The summed E-state index contributed by atoms with van der Waals surface area (Å²) in [5, 5.41) is 11.7. The minimum atomic E-state index is -0.363. The molecule has 0 aliphatic carbocycles. The predicted molar refractivity (Wildman–Crippen MR) is 112 cm³/mol. The molecule has 0 radical (unpaired) electrons. The zero-order valence-electron chi connectivity index (χ0n) is 15.7. The van der Waals surface area contributed by atoms with Crippen LogP contribution in [-0.4, -0.2) is 33.5 Å². The number of benzene rings is 2. The average Bonchev–Trinajstić information content (AvgIpc) is 3.27. The smallest absolute Gasteiger partial charge is 0.258 e. The van der Waals surface area contributed by atoms with E-state index in [2.05, 4.69) is 20.7 Å². The van der Waals surface area contributed by atoms with Crippen LogP contribution in [0.25, 0.3) is 16.2 Å². The predicted octanol–water partition coefficient (Wildman–Crippen LogP) is 3.68. The topological polar surface area (TPSA) is 97.6 Å². The van der Waals surface area contributed by atoms with Crippen molar-refractivity contribution in [3.8, 4) is 17.0 Å². The summed E-state index contributed by atoms with van der Waals surface area (Å²) in [5.74, 6) is 0.382. The van der Waals surface area contributed by atoms with E-state index >= 15 is 0 Å². The molecule has 0 bridgehead atoms. The number of fused-ring (bicyclic) bond motifs is 1. The van der Waals surface area contributed by atoms with Gasteiger partial charge in [-0.05, 0) is 30.3 Å². The molecule has 2 aromatic carbocycles. The summed E-state index contributed by atoms with van der Waals surface area (Å²) in [7, 11) is 1.62. The molecular weight excluding hydrogens is 390 g/mol. The first kappa shape index (κ1) is 18.6. The third-order valence-electron chi connectivity index (χ3n) is 4.12. The number of aromatic nitrogens is 3. The van der Waals surface area contributed by atoms with E-state index in [4.69, 9.17) is 4.74 Å². The van der Waals surface area contributed by atoms with Crippen molar-refractivity contribution in [3.63, 3.8) is 0 Å². The van der Waals surface area contributed by atoms with Gasteiger partial charge in [0.15, 0.2) is 0 Å². The van der Waals surface area contributed by atoms with E-state index in [-0.39, 0.29) is 17.8 Å². The molecule has 0 aliphatic rings. The van der Waals surface area contributed by atoms with Crippen LogP contribution in [0, 0.1) is 0 Å². The van der Waals surface area contributed by atoms with Crippen LogP contribution in [0.2, 0.25) is 0 Å². The number of methoxy groups -OCH3 is 1. The molecule has 2 amide bonds. The highest BCUT2D eigenvalue weighted by molar-refractivity contribution is 7.15. The second kappa shape index (κ2) is 7.72. The first-order valence-electron chi connectivity index (χ1n) is 8.71. The van der Waals surface area contributed by atoms with Crippen molar-refractivity contribution in [3.05, 3.63) is 59.5 Å². The van der Waals surface area contributed by atoms with E-state index in [9.17, 15) is 9.59 Å². The molecule has 0 saturated heterocycles.